The van der Waals surface area contributed by atoms with Crippen LogP contribution in [0.3, 0.4) is 0 Å². The minimum atomic E-state index is -0.291. The van der Waals surface area contributed by atoms with Gasteiger partial charge in [-0.05, 0) is 49.9 Å². The highest BCUT2D eigenvalue weighted by atomic mass is 35.5. The fourth-order valence-corrected chi connectivity index (χ4v) is 2.89. The van der Waals surface area contributed by atoms with Crippen molar-refractivity contribution in [3.8, 4) is 0 Å². The molecule has 1 aromatic carbocycles. The monoisotopic (exact) mass is 303 g/mol. The maximum absolute atomic E-state index is 6.38. The van der Waals surface area contributed by atoms with Crippen LogP contribution in [-0.2, 0) is 11.2 Å². The molecule has 1 unspecified atom stereocenters. The maximum atomic E-state index is 6.38. The minimum absolute atomic E-state index is 0.0987. The first kappa shape index (κ1) is 16.8. The van der Waals surface area contributed by atoms with Gasteiger partial charge in [-0.3, -0.25) is 0 Å². The Balaban J connectivity index is 2.92. The summed E-state index contributed by atoms with van der Waals surface area (Å²) in [5, 5.41) is 1.39. The Morgan fingerprint density at radius 2 is 1.84 bits per heavy atom. The molecule has 0 aromatic heterocycles. The standard InChI is InChI=1S/C15H23Cl2NO/c1-4-15(5-2,19-6-3)14(18)10-11-9-12(16)7-8-13(11)17/h7-9,14H,4-6,10,18H2,1-3H3. The molecule has 1 aromatic rings. The van der Waals surface area contributed by atoms with E-state index in [4.69, 9.17) is 33.7 Å². The Labute approximate surface area is 126 Å². The van der Waals surface area contributed by atoms with E-state index in [0.717, 1.165) is 18.4 Å². The molecular formula is C15H23Cl2NO. The molecule has 0 saturated carbocycles. The van der Waals surface area contributed by atoms with Crippen LogP contribution in [0.15, 0.2) is 18.2 Å². The van der Waals surface area contributed by atoms with Crippen LogP contribution in [-0.4, -0.2) is 18.2 Å². The van der Waals surface area contributed by atoms with Crippen LogP contribution in [0.4, 0.5) is 0 Å². The molecule has 2 nitrogen and oxygen atoms in total. The van der Waals surface area contributed by atoms with Gasteiger partial charge in [0.05, 0.1) is 5.60 Å². The van der Waals surface area contributed by atoms with Crippen LogP contribution in [0.2, 0.25) is 10.0 Å². The van der Waals surface area contributed by atoms with Gasteiger partial charge in [0.2, 0.25) is 0 Å². The highest BCUT2D eigenvalue weighted by molar-refractivity contribution is 6.33. The molecule has 1 rings (SSSR count). The fraction of sp³-hybridized carbons (Fsp3) is 0.600. The second-order valence-electron chi connectivity index (χ2n) is 4.75. The average Bonchev–Trinajstić information content (AvgIpc) is 2.40. The zero-order valence-corrected chi connectivity index (χ0v) is 13.4. The summed E-state index contributed by atoms with van der Waals surface area (Å²) in [6, 6.07) is 5.38. The normalized spacial score (nSPS) is 13.6. The molecule has 19 heavy (non-hydrogen) atoms. The van der Waals surface area contributed by atoms with Crippen molar-refractivity contribution in [3.63, 3.8) is 0 Å². The van der Waals surface area contributed by atoms with Gasteiger partial charge in [0.1, 0.15) is 0 Å². The zero-order valence-electron chi connectivity index (χ0n) is 11.9. The lowest BCUT2D eigenvalue weighted by molar-refractivity contribution is -0.0633. The van der Waals surface area contributed by atoms with E-state index < -0.39 is 0 Å². The summed E-state index contributed by atoms with van der Waals surface area (Å²) in [6.07, 6.45) is 2.44. The number of ether oxygens (including phenoxy) is 1. The molecule has 0 aliphatic rings. The number of nitrogens with two attached hydrogens (primary N) is 1. The second kappa shape index (κ2) is 7.49. The SMILES string of the molecule is CCOC(CC)(CC)C(N)Cc1cc(Cl)ccc1Cl. The molecule has 0 saturated heterocycles. The Bertz CT molecular complexity index is 405. The molecule has 0 bridgehead atoms. The van der Waals surface area contributed by atoms with E-state index in [2.05, 4.69) is 13.8 Å². The van der Waals surface area contributed by atoms with Crippen molar-refractivity contribution in [1.82, 2.24) is 0 Å². The van der Waals surface area contributed by atoms with Gasteiger partial charge >= 0.3 is 0 Å². The van der Waals surface area contributed by atoms with Gasteiger partial charge in [-0.15, -0.1) is 0 Å². The number of hydrogen-bond donors (Lipinski definition) is 1. The highest BCUT2D eigenvalue weighted by Crippen LogP contribution is 2.29. The van der Waals surface area contributed by atoms with E-state index >= 15 is 0 Å². The van der Waals surface area contributed by atoms with Crippen molar-refractivity contribution in [1.29, 1.82) is 0 Å². The minimum Gasteiger partial charge on any atom is -0.374 e. The molecule has 0 amide bonds. The third-order valence-electron chi connectivity index (χ3n) is 3.75. The van der Waals surface area contributed by atoms with Gasteiger partial charge in [0.15, 0.2) is 0 Å². The summed E-state index contributed by atoms with van der Waals surface area (Å²) in [5.74, 6) is 0. The first-order valence-electron chi connectivity index (χ1n) is 6.82. The molecule has 108 valence electrons. The van der Waals surface area contributed by atoms with Crippen LogP contribution in [0.1, 0.15) is 39.2 Å². The molecule has 0 aliphatic carbocycles. The summed E-state index contributed by atoms with van der Waals surface area (Å²) in [5.41, 5.74) is 7.07. The lowest BCUT2D eigenvalue weighted by Gasteiger charge is -2.37. The summed E-state index contributed by atoms with van der Waals surface area (Å²) in [7, 11) is 0. The molecule has 0 aliphatic heterocycles. The van der Waals surface area contributed by atoms with Gasteiger partial charge < -0.3 is 10.5 Å². The fourth-order valence-electron chi connectivity index (χ4n) is 2.50. The van der Waals surface area contributed by atoms with Crippen molar-refractivity contribution in [2.24, 2.45) is 5.73 Å². The largest absolute Gasteiger partial charge is 0.374 e. The summed E-state index contributed by atoms with van der Waals surface area (Å²) >= 11 is 12.2. The van der Waals surface area contributed by atoms with E-state index in [-0.39, 0.29) is 11.6 Å². The molecule has 0 fully saturated rings. The summed E-state index contributed by atoms with van der Waals surface area (Å²) in [4.78, 5) is 0. The van der Waals surface area contributed by atoms with Crippen molar-refractivity contribution < 1.29 is 4.74 Å². The van der Waals surface area contributed by atoms with Crippen LogP contribution in [0, 0.1) is 0 Å². The van der Waals surface area contributed by atoms with Crippen LogP contribution < -0.4 is 5.73 Å². The molecule has 0 heterocycles. The molecular weight excluding hydrogens is 281 g/mol. The lowest BCUT2D eigenvalue weighted by atomic mass is 9.85. The molecule has 1 atom stereocenters. The highest BCUT2D eigenvalue weighted by Gasteiger charge is 2.34. The van der Waals surface area contributed by atoms with E-state index in [0.29, 0.717) is 23.1 Å². The number of hydrogen-bond acceptors (Lipinski definition) is 2. The molecule has 0 radical (unpaired) electrons. The maximum Gasteiger partial charge on any atom is 0.0830 e. The van der Waals surface area contributed by atoms with E-state index in [1.807, 2.05) is 19.1 Å². The van der Waals surface area contributed by atoms with Gasteiger partial charge in [0, 0.05) is 22.7 Å². The molecule has 2 N–H and O–H groups in total. The lowest BCUT2D eigenvalue weighted by Crippen LogP contribution is -2.50. The smallest absolute Gasteiger partial charge is 0.0830 e. The predicted octanol–water partition coefficient (Wildman–Crippen LogP) is 4.46. The van der Waals surface area contributed by atoms with Crippen molar-refractivity contribution in [2.45, 2.75) is 51.7 Å². The van der Waals surface area contributed by atoms with Gasteiger partial charge in [-0.2, -0.15) is 0 Å². The Morgan fingerprint density at radius 1 is 1.21 bits per heavy atom. The number of halogens is 2. The van der Waals surface area contributed by atoms with E-state index in [1.165, 1.54) is 0 Å². The van der Waals surface area contributed by atoms with Crippen LogP contribution in [0.5, 0.6) is 0 Å². The zero-order chi connectivity index (χ0) is 14.5. The Hall–Kier alpha value is -0.280. The number of benzene rings is 1. The van der Waals surface area contributed by atoms with E-state index in [1.54, 1.807) is 6.07 Å². The topological polar surface area (TPSA) is 35.2 Å². The molecule has 4 heteroatoms. The average molecular weight is 304 g/mol. The van der Waals surface area contributed by atoms with Gasteiger partial charge in [-0.1, -0.05) is 37.0 Å². The number of rotatable bonds is 7. The first-order chi connectivity index (χ1) is 8.99. The van der Waals surface area contributed by atoms with Crippen LogP contribution >= 0.6 is 23.2 Å². The van der Waals surface area contributed by atoms with Crippen LogP contribution in [0.25, 0.3) is 0 Å². The van der Waals surface area contributed by atoms with Gasteiger partial charge in [0.25, 0.3) is 0 Å². The quantitative estimate of drug-likeness (QED) is 0.807. The van der Waals surface area contributed by atoms with Crippen molar-refractivity contribution in [2.75, 3.05) is 6.61 Å². The second-order valence-corrected chi connectivity index (χ2v) is 5.59. The van der Waals surface area contributed by atoms with Gasteiger partial charge in [-0.25, -0.2) is 0 Å². The third-order valence-corrected chi connectivity index (χ3v) is 4.36. The van der Waals surface area contributed by atoms with Crippen molar-refractivity contribution in [3.05, 3.63) is 33.8 Å². The summed E-state index contributed by atoms with van der Waals surface area (Å²) in [6.45, 7) is 6.88. The first-order valence-corrected chi connectivity index (χ1v) is 7.58. The Kier molecular flexibility index (Phi) is 6.61. The molecule has 0 spiro atoms. The predicted molar refractivity (Wildman–Crippen MR) is 83.1 cm³/mol. The third kappa shape index (κ3) is 4.09. The summed E-state index contributed by atoms with van der Waals surface area (Å²) < 4.78 is 5.93. The van der Waals surface area contributed by atoms with E-state index in [9.17, 15) is 0 Å². The van der Waals surface area contributed by atoms with Crippen molar-refractivity contribution >= 4 is 23.2 Å². The Morgan fingerprint density at radius 3 is 2.37 bits per heavy atom.